The Labute approximate surface area is 122 Å². The predicted molar refractivity (Wildman–Crippen MR) is 66.5 cm³/mol. The van der Waals surface area contributed by atoms with Gasteiger partial charge in [0.05, 0.1) is 5.52 Å². The van der Waals surface area contributed by atoms with Crippen LogP contribution in [-0.2, 0) is 24.3 Å². The van der Waals surface area contributed by atoms with Gasteiger partial charge in [0.15, 0.2) is 0 Å². The standard InChI is InChI=1S/C10H7NO2.C3H4O2.Zn/c12-10(13)9-6-5-7-3-1-2-4-8(7)11-9;1-2-3(4)5;/h1-6H,(H,12,13);2H,1H2,(H,4,5);. The monoisotopic (exact) mass is 309 g/mol. The quantitative estimate of drug-likeness (QED) is 0.656. The van der Waals surface area contributed by atoms with Crippen LogP contribution < -0.4 is 0 Å². The van der Waals surface area contributed by atoms with Gasteiger partial charge in [-0.1, -0.05) is 30.8 Å². The van der Waals surface area contributed by atoms with E-state index in [-0.39, 0.29) is 25.2 Å². The Bertz CT molecular complexity index is 598. The van der Waals surface area contributed by atoms with Gasteiger partial charge in [-0.2, -0.15) is 0 Å². The number of aliphatic carboxylic acids is 1. The van der Waals surface area contributed by atoms with Crippen LogP contribution in [0.15, 0.2) is 49.1 Å². The Kier molecular flexibility index (Phi) is 7.23. The van der Waals surface area contributed by atoms with Gasteiger partial charge in [-0.3, -0.25) is 0 Å². The topological polar surface area (TPSA) is 87.5 Å². The van der Waals surface area contributed by atoms with Gasteiger partial charge >= 0.3 is 11.9 Å². The summed E-state index contributed by atoms with van der Waals surface area (Å²) in [6.07, 6.45) is 0.833. The average molecular weight is 311 g/mol. The zero-order valence-corrected chi connectivity index (χ0v) is 13.1. The van der Waals surface area contributed by atoms with Gasteiger partial charge in [0, 0.05) is 30.9 Å². The maximum atomic E-state index is 10.6. The molecule has 19 heavy (non-hydrogen) atoms. The fourth-order valence-corrected chi connectivity index (χ4v) is 1.19. The van der Waals surface area contributed by atoms with Gasteiger partial charge in [0.1, 0.15) is 5.69 Å². The van der Waals surface area contributed by atoms with Crippen molar-refractivity contribution in [2.45, 2.75) is 0 Å². The Morgan fingerprint density at radius 2 is 1.68 bits per heavy atom. The van der Waals surface area contributed by atoms with Gasteiger partial charge in [0.2, 0.25) is 0 Å². The zero-order valence-electron chi connectivity index (χ0n) is 10.1. The van der Waals surface area contributed by atoms with E-state index in [2.05, 4.69) is 11.6 Å². The molecule has 1 aromatic carbocycles. The van der Waals surface area contributed by atoms with Gasteiger partial charge in [-0.25, -0.2) is 14.6 Å². The molecule has 0 saturated heterocycles. The number of fused-ring (bicyclic) bond motifs is 1. The van der Waals surface area contributed by atoms with Crippen LogP contribution in [0.25, 0.3) is 10.9 Å². The number of hydrogen-bond donors (Lipinski definition) is 2. The third-order valence-electron chi connectivity index (χ3n) is 1.99. The SMILES string of the molecule is C=CC(=O)O.O=C(O)c1ccc2ccccc2n1.[Zn]. The van der Waals surface area contributed by atoms with E-state index >= 15 is 0 Å². The normalized spacial score (nSPS) is 8.63. The number of aromatic nitrogens is 1. The first-order chi connectivity index (χ1) is 8.54. The molecule has 0 atom stereocenters. The van der Waals surface area contributed by atoms with Gasteiger partial charge < -0.3 is 10.2 Å². The van der Waals surface area contributed by atoms with E-state index in [9.17, 15) is 9.59 Å². The van der Waals surface area contributed by atoms with E-state index in [0.717, 1.165) is 11.5 Å². The molecule has 2 aromatic rings. The first kappa shape index (κ1) is 16.9. The number of carboxylic acids is 2. The molecular weight excluding hydrogens is 300 g/mol. The molecule has 5 nitrogen and oxygen atoms in total. The number of aromatic carboxylic acids is 1. The molecule has 0 unspecified atom stereocenters. The number of nitrogens with zero attached hydrogens (tertiary/aromatic N) is 1. The molecule has 94 valence electrons. The van der Waals surface area contributed by atoms with Crippen molar-refractivity contribution in [3.8, 4) is 0 Å². The van der Waals surface area contributed by atoms with Crippen LogP contribution >= 0.6 is 0 Å². The van der Waals surface area contributed by atoms with E-state index in [1.807, 2.05) is 18.2 Å². The van der Waals surface area contributed by atoms with E-state index in [4.69, 9.17) is 10.2 Å². The molecule has 6 heteroatoms. The molecule has 0 aliphatic carbocycles. The van der Waals surface area contributed by atoms with Crippen molar-refractivity contribution in [2.75, 3.05) is 0 Å². The fraction of sp³-hybridized carbons (Fsp3) is 0. The Hall–Kier alpha value is -2.07. The van der Waals surface area contributed by atoms with Crippen molar-refractivity contribution < 1.29 is 39.3 Å². The Morgan fingerprint density at radius 3 is 2.21 bits per heavy atom. The largest absolute Gasteiger partial charge is 0.478 e. The van der Waals surface area contributed by atoms with Crippen LogP contribution in [-0.4, -0.2) is 27.1 Å². The molecule has 0 fully saturated rings. The van der Waals surface area contributed by atoms with Crippen LogP contribution in [0.5, 0.6) is 0 Å². The molecule has 0 saturated carbocycles. The minimum absolute atomic E-state index is 0. The Morgan fingerprint density at radius 1 is 1.11 bits per heavy atom. The van der Waals surface area contributed by atoms with Crippen molar-refractivity contribution in [3.63, 3.8) is 0 Å². The number of carboxylic acid groups (broad SMARTS) is 2. The van der Waals surface area contributed by atoms with Crippen LogP contribution in [0.4, 0.5) is 0 Å². The second-order valence-electron chi connectivity index (χ2n) is 3.24. The molecule has 2 N–H and O–H groups in total. The third-order valence-corrected chi connectivity index (χ3v) is 1.99. The van der Waals surface area contributed by atoms with Gasteiger partial charge in [-0.15, -0.1) is 0 Å². The summed E-state index contributed by atoms with van der Waals surface area (Å²) in [5, 5.41) is 17.2. The molecule has 2 rings (SSSR count). The number of benzene rings is 1. The van der Waals surface area contributed by atoms with Gasteiger partial charge in [-0.05, 0) is 12.1 Å². The number of para-hydroxylation sites is 1. The maximum absolute atomic E-state index is 10.6. The summed E-state index contributed by atoms with van der Waals surface area (Å²) in [4.78, 5) is 23.8. The smallest absolute Gasteiger partial charge is 0.354 e. The molecule has 1 aromatic heterocycles. The van der Waals surface area contributed by atoms with Crippen molar-refractivity contribution in [2.24, 2.45) is 0 Å². The summed E-state index contributed by atoms with van der Waals surface area (Å²) < 4.78 is 0. The second kappa shape index (κ2) is 8.11. The number of hydrogen-bond acceptors (Lipinski definition) is 3. The molecule has 0 spiro atoms. The van der Waals surface area contributed by atoms with E-state index < -0.39 is 11.9 Å². The summed E-state index contributed by atoms with van der Waals surface area (Å²) in [6, 6.07) is 10.7. The average Bonchev–Trinajstić information content (AvgIpc) is 2.38. The molecule has 0 amide bonds. The molecule has 1 heterocycles. The molecule has 0 aliphatic heterocycles. The minimum Gasteiger partial charge on any atom is -0.478 e. The van der Waals surface area contributed by atoms with Gasteiger partial charge in [0.25, 0.3) is 0 Å². The summed E-state index contributed by atoms with van der Waals surface area (Å²) in [5.41, 5.74) is 0.793. The fourth-order valence-electron chi connectivity index (χ4n) is 1.19. The molecule has 0 radical (unpaired) electrons. The molecule has 0 bridgehead atoms. The van der Waals surface area contributed by atoms with Crippen molar-refractivity contribution in [3.05, 3.63) is 54.7 Å². The van der Waals surface area contributed by atoms with E-state index in [0.29, 0.717) is 5.52 Å². The summed E-state index contributed by atoms with van der Waals surface area (Å²) in [6.45, 7) is 2.96. The van der Waals surface area contributed by atoms with Crippen molar-refractivity contribution in [1.82, 2.24) is 4.98 Å². The van der Waals surface area contributed by atoms with Crippen LogP contribution in [0.2, 0.25) is 0 Å². The molecule has 0 aliphatic rings. The number of pyridine rings is 1. The van der Waals surface area contributed by atoms with E-state index in [1.165, 1.54) is 6.07 Å². The number of rotatable bonds is 2. The summed E-state index contributed by atoms with van der Waals surface area (Å²) in [7, 11) is 0. The van der Waals surface area contributed by atoms with Crippen LogP contribution in [0, 0.1) is 0 Å². The molecular formula is C13H11NO4Zn. The zero-order chi connectivity index (χ0) is 13.5. The number of carbonyl (C=O) groups is 2. The first-order valence-corrected chi connectivity index (χ1v) is 4.99. The van der Waals surface area contributed by atoms with Crippen LogP contribution in [0.1, 0.15) is 10.5 Å². The minimum atomic E-state index is -0.995. The summed E-state index contributed by atoms with van der Waals surface area (Å²) >= 11 is 0. The predicted octanol–water partition coefficient (Wildman–Crippen LogP) is 2.19. The van der Waals surface area contributed by atoms with Crippen molar-refractivity contribution >= 4 is 22.8 Å². The first-order valence-electron chi connectivity index (χ1n) is 4.99. The van der Waals surface area contributed by atoms with Crippen molar-refractivity contribution in [1.29, 1.82) is 0 Å². The Balaban J connectivity index is 0.000000471. The van der Waals surface area contributed by atoms with E-state index in [1.54, 1.807) is 12.1 Å². The van der Waals surface area contributed by atoms with Crippen LogP contribution in [0.3, 0.4) is 0 Å². The maximum Gasteiger partial charge on any atom is 0.354 e. The third kappa shape index (κ3) is 5.40. The summed E-state index contributed by atoms with van der Waals surface area (Å²) in [5.74, 6) is -1.98. The second-order valence-corrected chi connectivity index (χ2v) is 3.24.